The highest BCUT2D eigenvalue weighted by atomic mass is 16.6. The summed E-state index contributed by atoms with van der Waals surface area (Å²) in [5.74, 6) is -2.65. The van der Waals surface area contributed by atoms with E-state index in [-0.39, 0.29) is 34.0 Å². The molecule has 4 aliphatic rings. The van der Waals surface area contributed by atoms with Crippen LogP contribution in [0.15, 0.2) is 0 Å². The Morgan fingerprint density at radius 2 is 1.57 bits per heavy atom. The fourth-order valence-corrected chi connectivity index (χ4v) is 8.75. The standard InChI is InChI=1S/C32H52N4O6/c1-18-21(25(39)34-20(22(37)24(33)38)16-19-12-10-13-19)36(17-32(18)30(8,9)31(32)14-11-15-31)26(40)23(28(2,3)4)35-27(41)42-29(5,6)7/h18-21,23H,10-17H2,1-9H3,(H2,33,38)(H,34,39)(H,35,41)/t18-,20?,21+,23-,32+/m1/s1. The fourth-order valence-electron chi connectivity index (χ4n) is 8.75. The number of nitrogens with zero attached hydrogens (tertiary/aromatic N) is 1. The minimum atomic E-state index is -1.07. The molecule has 1 saturated heterocycles. The molecule has 1 aliphatic heterocycles. The van der Waals surface area contributed by atoms with Gasteiger partial charge in [0.05, 0.1) is 6.04 Å². The van der Waals surface area contributed by atoms with Crippen molar-refractivity contribution < 1.29 is 28.7 Å². The zero-order valence-corrected chi connectivity index (χ0v) is 27.0. The number of hydrogen-bond acceptors (Lipinski definition) is 6. The van der Waals surface area contributed by atoms with Crippen molar-refractivity contribution in [1.82, 2.24) is 15.5 Å². The van der Waals surface area contributed by atoms with Crippen molar-refractivity contribution in [1.29, 1.82) is 0 Å². The molecule has 0 aromatic carbocycles. The molecule has 10 nitrogen and oxygen atoms in total. The van der Waals surface area contributed by atoms with Crippen molar-refractivity contribution in [3.63, 3.8) is 0 Å². The molecule has 4 fully saturated rings. The molecule has 4 rings (SSSR count). The molecule has 0 aromatic heterocycles. The normalized spacial score (nSPS) is 29.2. The van der Waals surface area contributed by atoms with Crippen molar-refractivity contribution in [3.8, 4) is 0 Å². The summed E-state index contributed by atoms with van der Waals surface area (Å²) in [7, 11) is 0. The van der Waals surface area contributed by atoms with Crippen LogP contribution in [-0.2, 0) is 23.9 Å². The predicted octanol–water partition coefficient (Wildman–Crippen LogP) is 3.70. The van der Waals surface area contributed by atoms with Gasteiger partial charge < -0.3 is 26.0 Å². The Morgan fingerprint density at radius 3 is 1.98 bits per heavy atom. The first-order chi connectivity index (χ1) is 19.2. The first-order valence-electron chi connectivity index (χ1n) is 15.6. The number of hydrogen-bond donors (Lipinski definition) is 3. The second-order valence-electron chi connectivity index (χ2n) is 16.0. The molecule has 3 aliphatic carbocycles. The number of rotatable bonds is 8. The van der Waals surface area contributed by atoms with Crippen LogP contribution < -0.4 is 16.4 Å². The summed E-state index contributed by atoms with van der Waals surface area (Å²) < 4.78 is 5.49. The van der Waals surface area contributed by atoms with Gasteiger partial charge >= 0.3 is 6.09 Å². The molecule has 0 aromatic rings. The SMILES string of the molecule is C[C@@H]1[C@@H](C(=O)NC(CC2CCC2)C(=O)C(N)=O)N(C(=O)[C@@H](NC(=O)OC(C)(C)C)C(C)(C)C)C[C@@]12C(C)(C)C21CCC1. The number of Topliss-reactive ketones (excluding diaryl/α,β-unsaturated/α-hetero) is 1. The van der Waals surface area contributed by atoms with E-state index >= 15 is 0 Å². The second kappa shape index (κ2) is 10.5. The minimum absolute atomic E-state index is 0.0389. The Balaban J connectivity index is 1.68. The molecule has 0 radical (unpaired) electrons. The molecule has 0 bridgehead atoms. The molecule has 4 N–H and O–H groups in total. The highest BCUT2D eigenvalue weighted by Crippen LogP contribution is 2.89. The molecule has 10 heteroatoms. The molecule has 1 unspecified atom stereocenters. The van der Waals surface area contributed by atoms with Crippen LogP contribution in [0, 0.1) is 33.5 Å². The third kappa shape index (κ3) is 5.10. The molecule has 2 spiro atoms. The maximum absolute atomic E-state index is 14.5. The predicted molar refractivity (Wildman–Crippen MR) is 158 cm³/mol. The van der Waals surface area contributed by atoms with Gasteiger partial charge in [0, 0.05) is 12.0 Å². The van der Waals surface area contributed by atoms with Crippen LogP contribution in [0.3, 0.4) is 0 Å². The zero-order valence-electron chi connectivity index (χ0n) is 27.0. The quantitative estimate of drug-likeness (QED) is 0.368. The molecule has 4 amide bonds. The van der Waals surface area contributed by atoms with Gasteiger partial charge in [0.1, 0.15) is 17.7 Å². The van der Waals surface area contributed by atoms with Gasteiger partial charge in [-0.2, -0.15) is 0 Å². The van der Waals surface area contributed by atoms with Crippen LogP contribution in [0.5, 0.6) is 0 Å². The number of nitrogens with one attached hydrogen (secondary N) is 2. The van der Waals surface area contributed by atoms with E-state index in [9.17, 15) is 24.0 Å². The molecule has 1 heterocycles. The number of amides is 4. The first-order valence-corrected chi connectivity index (χ1v) is 15.6. The monoisotopic (exact) mass is 588 g/mol. The van der Waals surface area contributed by atoms with Crippen LogP contribution in [0.2, 0.25) is 0 Å². The smallest absolute Gasteiger partial charge is 0.408 e. The van der Waals surface area contributed by atoms with E-state index in [0.29, 0.717) is 13.0 Å². The van der Waals surface area contributed by atoms with E-state index in [1.54, 1.807) is 25.7 Å². The molecule has 42 heavy (non-hydrogen) atoms. The van der Waals surface area contributed by atoms with Crippen molar-refractivity contribution >= 4 is 29.6 Å². The van der Waals surface area contributed by atoms with E-state index in [1.165, 1.54) is 0 Å². The summed E-state index contributed by atoms with van der Waals surface area (Å²) >= 11 is 0. The van der Waals surface area contributed by atoms with Crippen LogP contribution in [0.1, 0.15) is 107 Å². The molecule has 236 valence electrons. The summed E-state index contributed by atoms with van der Waals surface area (Å²) in [6.07, 6.45) is 5.79. The van der Waals surface area contributed by atoms with Crippen molar-refractivity contribution in [2.75, 3.05) is 6.54 Å². The van der Waals surface area contributed by atoms with Gasteiger partial charge in [-0.1, -0.05) is 67.2 Å². The van der Waals surface area contributed by atoms with Gasteiger partial charge in [0.15, 0.2) is 0 Å². The maximum atomic E-state index is 14.5. The molecular formula is C32H52N4O6. The Labute approximate surface area is 250 Å². The first kappa shape index (κ1) is 32.3. The fraction of sp³-hybridized carbons (Fsp3) is 0.844. The number of carbonyl (C=O) groups is 5. The number of ether oxygens (including phenoxy) is 1. The number of ketones is 1. The average Bonchev–Trinajstić information content (AvgIpc) is 3.05. The Morgan fingerprint density at radius 1 is 0.976 bits per heavy atom. The summed E-state index contributed by atoms with van der Waals surface area (Å²) in [5.41, 5.74) is 3.62. The number of likely N-dealkylation sites (tertiary alicyclic amines) is 1. The van der Waals surface area contributed by atoms with Crippen molar-refractivity contribution in [3.05, 3.63) is 0 Å². The van der Waals surface area contributed by atoms with E-state index in [4.69, 9.17) is 10.5 Å². The number of fused-ring (bicyclic) bond motifs is 1. The van der Waals surface area contributed by atoms with E-state index in [1.807, 2.05) is 27.7 Å². The number of nitrogens with two attached hydrogens (primary N) is 1. The van der Waals surface area contributed by atoms with Gasteiger partial charge in [-0.05, 0) is 68.1 Å². The molecule has 5 atom stereocenters. The van der Waals surface area contributed by atoms with Crippen LogP contribution in [0.4, 0.5) is 4.79 Å². The summed E-state index contributed by atoms with van der Waals surface area (Å²) in [4.78, 5) is 67.9. The van der Waals surface area contributed by atoms with E-state index in [0.717, 1.165) is 38.5 Å². The number of alkyl carbamates (subject to hydrolysis) is 1. The van der Waals surface area contributed by atoms with Crippen molar-refractivity contribution in [2.45, 2.75) is 131 Å². The minimum Gasteiger partial charge on any atom is -0.444 e. The highest BCUT2D eigenvalue weighted by molar-refractivity contribution is 6.37. The highest BCUT2D eigenvalue weighted by Gasteiger charge is 2.87. The molecule has 3 saturated carbocycles. The Hall–Kier alpha value is -2.65. The van der Waals surface area contributed by atoms with Gasteiger partial charge in [0.2, 0.25) is 17.6 Å². The van der Waals surface area contributed by atoms with Crippen molar-refractivity contribution in [2.24, 2.45) is 39.2 Å². The lowest BCUT2D eigenvalue weighted by Crippen LogP contribution is -2.60. The summed E-state index contributed by atoms with van der Waals surface area (Å²) in [6.45, 7) is 17.8. The molecular weight excluding hydrogens is 536 g/mol. The van der Waals surface area contributed by atoms with Crippen LogP contribution in [-0.4, -0.2) is 64.8 Å². The van der Waals surface area contributed by atoms with Gasteiger partial charge in [0.25, 0.3) is 5.91 Å². The third-order valence-electron chi connectivity index (χ3n) is 11.3. The lowest BCUT2D eigenvalue weighted by atomic mass is 9.71. The number of primary amides is 1. The van der Waals surface area contributed by atoms with Gasteiger partial charge in [-0.25, -0.2) is 4.79 Å². The summed E-state index contributed by atoms with van der Waals surface area (Å²) in [6, 6.07) is -2.85. The van der Waals surface area contributed by atoms with Crippen LogP contribution >= 0.6 is 0 Å². The largest absolute Gasteiger partial charge is 0.444 e. The lowest BCUT2D eigenvalue weighted by molar-refractivity contribution is -0.144. The third-order valence-corrected chi connectivity index (χ3v) is 11.3. The van der Waals surface area contributed by atoms with Gasteiger partial charge in [-0.15, -0.1) is 0 Å². The second-order valence-corrected chi connectivity index (χ2v) is 16.0. The van der Waals surface area contributed by atoms with E-state index < -0.39 is 52.8 Å². The Kier molecular flexibility index (Phi) is 8.07. The average molecular weight is 589 g/mol. The summed E-state index contributed by atoms with van der Waals surface area (Å²) in [5, 5.41) is 5.66. The van der Waals surface area contributed by atoms with E-state index in [2.05, 4.69) is 24.5 Å². The van der Waals surface area contributed by atoms with Gasteiger partial charge in [-0.3, -0.25) is 19.2 Å². The Bertz CT molecular complexity index is 1140. The topological polar surface area (TPSA) is 148 Å². The zero-order chi connectivity index (χ0) is 31.6. The van der Waals surface area contributed by atoms with Crippen LogP contribution in [0.25, 0.3) is 0 Å². The number of carbonyl (C=O) groups excluding carboxylic acids is 5. The lowest BCUT2D eigenvalue weighted by Gasteiger charge is -2.36. The maximum Gasteiger partial charge on any atom is 0.408 e.